The Kier molecular flexibility index (Phi) is 4.66. The monoisotopic (exact) mass is 350 g/mol. The number of hydrogen-bond donors (Lipinski definition) is 1. The number of fused-ring (bicyclic) bond motifs is 3. The molecule has 1 N–H and O–H groups in total. The van der Waals surface area contributed by atoms with Gasteiger partial charge in [0.1, 0.15) is 4.83 Å². The molecule has 1 atom stereocenters. The van der Waals surface area contributed by atoms with Crippen molar-refractivity contribution in [1.29, 1.82) is 0 Å². The highest BCUT2D eigenvalue weighted by molar-refractivity contribution is 7.18. The van der Waals surface area contributed by atoms with E-state index in [0.717, 1.165) is 23.3 Å². The smallest absolute Gasteiger partial charge is 0.374 e. The molecular weight excluding hydrogens is 332 g/mol. The topological polar surface area (TPSA) is 98.3 Å². The number of hydrogen-bond acceptors (Lipinski definition) is 7. The van der Waals surface area contributed by atoms with E-state index >= 15 is 0 Å². The Morgan fingerprint density at radius 2 is 2.04 bits per heavy atom. The highest BCUT2D eigenvalue weighted by Gasteiger charge is 2.31. The Balaban J connectivity index is 2.00. The average molecular weight is 350 g/mol. The number of H-pyrrole nitrogens is 1. The van der Waals surface area contributed by atoms with E-state index in [1.807, 2.05) is 0 Å². The van der Waals surface area contributed by atoms with Gasteiger partial charge in [-0.2, -0.15) is 0 Å². The van der Waals surface area contributed by atoms with Crippen molar-refractivity contribution in [2.75, 3.05) is 13.2 Å². The molecule has 1 aliphatic rings. The number of carbonyl (C=O) groups excluding carboxylic acids is 2. The van der Waals surface area contributed by atoms with Crippen LogP contribution in [0.5, 0.6) is 0 Å². The molecule has 0 amide bonds. The van der Waals surface area contributed by atoms with Crippen LogP contribution in [-0.2, 0) is 20.7 Å². The van der Waals surface area contributed by atoms with Gasteiger partial charge in [0.05, 0.1) is 25.0 Å². The molecule has 0 fully saturated rings. The van der Waals surface area contributed by atoms with E-state index < -0.39 is 5.97 Å². The van der Waals surface area contributed by atoms with Gasteiger partial charge < -0.3 is 14.5 Å². The Bertz CT molecular complexity index is 854. The predicted molar refractivity (Wildman–Crippen MR) is 88.5 cm³/mol. The molecule has 0 spiro atoms. The lowest BCUT2D eigenvalue weighted by Crippen LogP contribution is -2.18. The van der Waals surface area contributed by atoms with Crippen LogP contribution in [0.25, 0.3) is 10.2 Å². The Hall–Kier alpha value is -2.22. The molecule has 0 radical (unpaired) electrons. The van der Waals surface area contributed by atoms with Gasteiger partial charge in [0, 0.05) is 4.88 Å². The third-order valence-electron chi connectivity index (χ3n) is 3.99. The number of thiophene rings is 1. The SMILES string of the molecule is CCOC(=O)CC1CCc2sc3nc(C(=O)OCC)[nH]c(=O)c3c21. The average Bonchev–Trinajstić information content (AvgIpc) is 3.07. The third-order valence-corrected chi connectivity index (χ3v) is 5.15. The van der Waals surface area contributed by atoms with Gasteiger partial charge in [-0.25, -0.2) is 9.78 Å². The summed E-state index contributed by atoms with van der Waals surface area (Å²) in [6, 6.07) is 0. The highest BCUT2D eigenvalue weighted by Crippen LogP contribution is 2.43. The molecule has 0 aromatic carbocycles. The largest absolute Gasteiger partial charge is 0.466 e. The lowest BCUT2D eigenvalue weighted by Gasteiger charge is -2.10. The minimum Gasteiger partial charge on any atom is -0.466 e. The summed E-state index contributed by atoms with van der Waals surface area (Å²) in [5.41, 5.74) is 0.517. The van der Waals surface area contributed by atoms with Crippen LogP contribution in [0.2, 0.25) is 0 Å². The van der Waals surface area contributed by atoms with Crippen molar-refractivity contribution in [2.45, 2.75) is 39.0 Å². The Morgan fingerprint density at radius 1 is 1.29 bits per heavy atom. The molecule has 2 aromatic heterocycles. The fraction of sp³-hybridized carbons (Fsp3) is 0.500. The summed E-state index contributed by atoms with van der Waals surface area (Å²) in [7, 11) is 0. The van der Waals surface area contributed by atoms with Gasteiger partial charge >= 0.3 is 11.9 Å². The normalized spacial score (nSPS) is 16.2. The number of nitrogens with zero attached hydrogens (tertiary/aromatic N) is 1. The van der Waals surface area contributed by atoms with Crippen LogP contribution in [0.4, 0.5) is 0 Å². The first kappa shape index (κ1) is 16.6. The minimum atomic E-state index is -0.645. The fourth-order valence-corrected chi connectivity index (χ4v) is 4.34. The van der Waals surface area contributed by atoms with Gasteiger partial charge in [-0.05, 0) is 38.2 Å². The van der Waals surface area contributed by atoms with E-state index in [0.29, 0.717) is 16.8 Å². The van der Waals surface area contributed by atoms with E-state index in [4.69, 9.17) is 9.47 Å². The van der Waals surface area contributed by atoms with Gasteiger partial charge in [-0.3, -0.25) is 9.59 Å². The van der Waals surface area contributed by atoms with Crippen LogP contribution in [0, 0.1) is 0 Å². The maximum absolute atomic E-state index is 12.5. The number of nitrogens with one attached hydrogen (secondary N) is 1. The molecule has 2 aromatic rings. The van der Waals surface area contributed by atoms with Crippen molar-refractivity contribution >= 4 is 33.5 Å². The zero-order valence-corrected chi connectivity index (χ0v) is 14.3. The molecule has 24 heavy (non-hydrogen) atoms. The second-order valence-corrected chi connectivity index (χ2v) is 6.58. The van der Waals surface area contributed by atoms with Crippen LogP contribution in [0.15, 0.2) is 4.79 Å². The van der Waals surface area contributed by atoms with Crippen molar-refractivity contribution in [3.8, 4) is 0 Å². The number of aryl methyl sites for hydroxylation is 1. The molecule has 1 unspecified atom stereocenters. The zero-order valence-electron chi connectivity index (χ0n) is 13.5. The molecule has 0 saturated carbocycles. The fourth-order valence-electron chi connectivity index (χ4n) is 3.06. The molecular formula is C16H18N2O5S. The van der Waals surface area contributed by atoms with Crippen LogP contribution in [0.3, 0.4) is 0 Å². The lowest BCUT2D eigenvalue weighted by molar-refractivity contribution is -0.143. The summed E-state index contributed by atoms with van der Waals surface area (Å²) in [4.78, 5) is 44.4. The molecule has 2 heterocycles. The molecule has 1 aliphatic carbocycles. The van der Waals surface area contributed by atoms with Gasteiger partial charge in [0.2, 0.25) is 5.82 Å². The lowest BCUT2D eigenvalue weighted by atomic mass is 9.98. The number of esters is 2. The zero-order chi connectivity index (χ0) is 17.3. The van der Waals surface area contributed by atoms with Crippen LogP contribution in [0.1, 0.15) is 53.7 Å². The minimum absolute atomic E-state index is 0.0378. The molecule has 128 valence electrons. The van der Waals surface area contributed by atoms with Gasteiger partial charge in [-0.15, -0.1) is 11.3 Å². The number of rotatable bonds is 5. The summed E-state index contributed by atoms with van der Waals surface area (Å²) in [5, 5.41) is 0.481. The Morgan fingerprint density at radius 3 is 2.75 bits per heavy atom. The van der Waals surface area contributed by atoms with Crippen molar-refractivity contribution < 1.29 is 19.1 Å². The standard InChI is InChI=1S/C16H18N2O5S/c1-3-22-10(19)7-8-5-6-9-11(8)12-14(20)17-13(16(21)23-4-2)18-15(12)24-9/h8H,3-7H2,1-2H3,(H,17,18,20). The third kappa shape index (κ3) is 2.93. The van der Waals surface area contributed by atoms with Crippen LogP contribution in [-0.4, -0.2) is 35.1 Å². The van der Waals surface area contributed by atoms with Crippen molar-refractivity contribution in [2.24, 2.45) is 0 Å². The first-order valence-electron chi connectivity index (χ1n) is 7.93. The van der Waals surface area contributed by atoms with E-state index in [1.54, 1.807) is 13.8 Å². The molecule has 8 heteroatoms. The molecule has 0 aliphatic heterocycles. The molecule has 0 bridgehead atoms. The summed E-state index contributed by atoms with van der Waals surface area (Å²) in [6.07, 6.45) is 1.87. The molecule has 3 rings (SSSR count). The second-order valence-electron chi connectivity index (χ2n) is 5.50. The summed E-state index contributed by atoms with van der Waals surface area (Å²) in [5.74, 6) is -1.03. The molecule has 0 saturated heterocycles. The van der Waals surface area contributed by atoms with Crippen molar-refractivity contribution in [1.82, 2.24) is 9.97 Å². The number of carbonyl (C=O) groups is 2. The first-order chi connectivity index (χ1) is 11.5. The number of aromatic amines is 1. The van der Waals surface area contributed by atoms with Crippen LogP contribution < -0.4 is 5.56 Å². The number of aromatic nitrogens is 2. The van der Waals surface area contributed by atoms with Gasteiger partial charge in [-0.1, -0.05) is 0 Å². The van der Waals surface area contributed by atoms with E-state index in [2.05, 4.69) is 9.97 Å². The van der Waals surface area contributed by atoms with Crippen molar-refractivity contribution in [3.05, 3.63) is 26.6 Å². The maximum atomic E-state index is 12.5. The van der Waals surface area contributed by atoms with Crippen LogP contribution >= 0.6 is 11.3 Å². The quantitative estimate of drug-likeness (QED) is 0.830. The second kappa shape index (κ2) is 6.72. The Labute approximate surface area is 142 Å². The summed E-state index contributed by atoms with van der Waals surface area (Å²) in [6.45, 7) is 4.01. The highest BCUT2D eigenvalue weighted by atomic mass is 32.1. The van der Waals surface area contributed by atoms with Gasteiger partial charge in [0.25, 0.3) is 5.56 Å². The summed E-state index contributed by atoms with van der Waals surface area (Å²) < 4.78 is 9.90. The van der Waals surface area contributed by atoms with E-state index in [9.17, 15) is 14.4 Å². The van der Waals surface area contributed by atoms with Gasteiger partial charge in [0.15, 0.2) is 0 Å². The molecule has 7 nitrogen and oxygen atoms in total. The number of ether oxygens (including phenoxy) is 2. The van der Waals surface area contributed by atoms with E-state index in [-0.39, 0.29) is 36.3 Å². The summed E-state index contributed by atoms with van der Waals surface area (Å²) >= 11 is 1.40. The maximum Gasteiger partial charge on any atom is 0.374 e. The first-order valence-corrected chi connectivity index (χ1v) is 8.75. The van der Waals surface area contributed by atoms with E-state index in [1.165, 1.54) is 11.3 Å². The predicted octanol–water partition coefficient (Wildman–Crippen LogP) is 2.14. The van der Waals surface area contributed by atoms with Crippen molar-refractivity contribution in [3.63, 3.8) is 0 Å².